The van der Waals surface area contributed by atoms with Gasteiger partial charge in [0.1, 0.15) is 5.56 Å². The SMILES string of the molecule is COc1cc(C(=O)Nc2cccc(N3CCCC3=O)c2)c([N+](=O)[O-])cc1OC(F)F. The van der Waals surface area contributed by atoms with Crippen LogP contribution in [0.4, 0.5) is 25.8 Å². The van der Waals surface area contributed by atoms with Crippen molar-refractivity contribution < 1.29 is 32.8 Å². The van der Waals surface area contributed by atoms with Crippen LogP contribution >= 0.6 is 0 Å². The number of nitrogens with one attached hydrogen (secondary N) is 1. The zero-order valence-corrected chi connectivity index (χ0v) is 15.8. The number of methoxy groups -OCH3 is 1. The van der Waals surface area contributed by atoms with Gasteiger partial charge in [-0.1, -0.05) is 6.07 Å². The highest BCUT2D eigenvalue weighted by Gasteiger charge is 2.27. The van der Waals surface area contributed by atoms with Gasteiger partial charge in [-0.3, -0.25) is 19.7 Å². The number of amides is 2. The van der Waals surface area contributed by atoms with Crippen LogP contribution in [0.5, 0.6) is 11.5 Å². The quantitative estimate of drug-likeness (QED) is 0.540. The number of carbonyl (C=O) groups excluding carboxylic acids is 2. The van der Waals surface area contributed by atoms with E-state index >= 15 is 0 Å². The van der Waals surface area contributed by atoms with Gasteiger partial charge in [-0.05, 0) is 24.6 Å². The maximum Gasteiger partial charge on any atom is 0.387 e. The molecule has 1 aliphatic rings. The number of nitro groups is 1. The maximum atomic E-state index is 12.7. The number of hydrogen-bond acceptors (Lipinski definition) is 6. The van der Waals surface area contributed by atoms with E-state index in [1.807, 2.05) is 0 Å². The largest absolute Gasteiger partial charge is 0.493 e. The first kappa shape index (κ1) is 21.0. The molecule has 30 heavy (non-hydrogen) atoms. The van der Waals surface area contributed by atoms with Crippen LogP contribution in [-0.4, -0.2) is 37.0 Å². The van der Waals surface area contributed by atoms with Crippen molar-refractivity contribution in [3.8, 4) is 11.5 Å². The highest BCUT2D eigenvalue weighted by Crippen LogP contribution is 2.36. The second-order valence-corrected chi connectivity index (χ2v) is 6.31. The molecule has 1 fully saturated rings. The second-order valence-electron chi connectivity index (χ2n) is 6.31. The third-order valence-corrected chi connectivity index (χ3v) is 4.43. The monoisotopic (exact) mass is 421 g/mol. The molecule has 1 aliphatic heterocycles. The molecule has 0 atom stereocenters. The zero-order chi connectivity index (χ0) is 21.8. The van der Waals surface area contributed by atoms with Gasteiger partial charge in [0.15, 0.2) is 11.5 Å². The van der Waals surface area contributed by atoms with Crippen molar-refractivity contribution in [2.24, 2.45) is 0 Å². The summed E-state index contributed by atoms with van der Waals surface area (Å²) in [4.78, 5) is 36.7. The predicted octanol–water partition coefficient (Wildman–Crippen LogP) is 3.58. The third kappa shape index (κ3) is 4.45. The number of nitrogens with zero attached hydrogens (tertiary/aromatic N) is 2. The van der Waals surface area contributed by atoms with Gasteiger partial charge in [0, 0.05) is 30.4 Å². The van der Waals surface area contributed by atoms with E-state index in [2.05, 4.69) is 10.1 Å². The minimum atomic E-state index is -3.23. The Kier molecular flexibility index (Phi) is 6.09. The smallest absolute Gasteiger partial charge is 0.387 e. The molecule has 1 heterocycles. The predicted molar refractivity (Wildman–Crippen MR) is 102 cm³/mol. The van der Waals surface area contributed by atoms with Crippen LogP contribution < -0.4 is 19.7 Å². The molecule has 2 aromatic carbocycles. The van der Waals surface area contributed by atoms with E-state index in [9.17, 15) is 28.5 Å². The number of hydrogen-bond donors (Lipinski definition) is 1. The van der Waals surface area contributed by atoms with Crippen LogP contribution in [0.3, 0.4) is 0 Å². The van der Waals surface area contributed by atoms with Gasteiger partial charge in [0.25, 0.3) is 11.6 Å². The molecule has 2 amide bonds. The summed E-state index contributed by atoms with van der Waals surface area (Å²) in [6, 6.07) is 8.13. The Balaban J connectivity index is 1.91. The van der Waals surface area contributed by atoms with Gasteiger partial charge in [-0.25, -0.2) is 0 Å². The van der Waals surface area contributed by atoms with Gasteiger partial charge in [-0.15, -0.1) is 0 Å². The van der Waals surface area contributed by atoms with Gasteiger partial charge >= 0.3 is 6.61 Å². The van der Waals surface area contributed by atoms with Gasteiger partial charge in [0.2, 0.25) is 5.91 Å². The minimum Gasteiger partial charge on any atom is -0.493 e. The Morgan fingerprint density at radius 1 is 1.27 bits per heavy atom. The summed E-state index contributed by atoms with van der Waals surface area (Å²) in [6.45, 7) is -2.67. The van der Waals surface area contributed by atoms with E-state index in [1.165, 1.54) is 0 Å². The van der Waals surface area contributed by atoms with Crippen molar-refractivity contribution in [3.05, 3.63) is 52.1 Å². The molecule has 0 spiro atoms. The summed E-state index contributed by atoms with van der Waals surface area (Å²) in [5, 5.41) is 13.9. The molecule has 0 radical (unpaired) electrons. The molecular weight excluding hydrogens is 404 g/mol. The topological polar surface area (TPSA) is 111 Å². The molecule has 0 unspecified atom stereocenters. The lowest BCUT2D eigenvalue weighted by molar-refractivity contribution is -0.385. The summed E-state index contributed by atoms with van der Waals surface area (Å²) in [5.74, 6) is -1.71. The normalized spacial score (nSPS) is 13.5. The van der Waals surface area contributed by atoms with Gasteiger partial charge in [-0.2, -0.15) is 8.78 Å². The Labute approximate surface area is 169 Å². The van der Waals surface area contributed by atoms with Crippen LogP contribution in [0.1, 0.15) is 23.2 Å². The van der Waals surface area contributed by atoms with Gasteiger partial charge in [0.05, 0.1) is 18.1 Å². The van der Waals surface area contributed by atoms with Crippen molar-refractivity contribution in [2.75, 3.05) is 23.9 Å². The molecular formula is C19H17F2N3O6. The van der Waals surface area contributed by atoms with E-state index in [4.69, 9.17) is 4.74 Å². The van der Waals surface area contributed by atoms with Crippen molar-refractivity contribution in [2.45, 2.75) is 19.5 Å². The number of halogens is 2. The third-order valence-electron chi connectivity index (χ3n) is 4.43. The minimum absolute atomic E-state index is 0.0338. The Morgan fingerprint density at radius 3 is 2.63 bits per heavy atom. The fraction of sp³-hybridized carbons (Fsp3) is 0.263. The molecule has 1 saturated heterocycles. The standard InChI is InChI=1S/C19H17F2N3O6/c1-29-15-9-13(14(24(27)28)10-16(15)30-19(20)21)18(26)22-11-4-2-5-12(8-11)23-7-3-6-17(23)25/h2,4-5,8-10,19H,3,6-7H2,1H3,(H,22,26). The molecule has 3 rings (SSSR count). The average molecular weight is 421 g/mol. The lowest BCUT2D eigenvalue weighted by atomic mass is 10.1. The maximum absolute atomic E-state index is 12.7. The molecule has 158 valence electrons. The van der Waals surface area contributed by atoms with Crippen LogP contribution in [0.25, 0.3) is 0 Å². The first-order chi connectivity index (χ1) is 14.3. The summed E-state index contributed by atoms with van der Waals surface area (Å²) in [6.07, 6.45) is 1.17. The number of anilines is 2. The molecule has 0 saturated carbocycles. The lowest BCUT2D eigenvalue weighted by Gasteiger charge is -2.17. The van der Waals surface area contributed by atoms with Crippen molar-refractivity contribution >= 4 is 28.9 Å². The second kappa shape index (κ2) is 8.72. The number of ether oxygens (including phenoxy) is 2. The first-order valence-corrected chi connectivity index (χ1v) is 8.83. The molecule has 9 nitrogen and oxygen atoms in total. The average Bonchev–Trinajstić information content (AvgIpc) is 3.13. The molecule has 11 heteroatoms. The number of nitro benzene ring substituents is 1. The lowest BCUT2D eigenvalue weighted by Crippen LogP contribution is -2.23. The summed E-state index contributed by atoms with van der Waals surface area (Å²) in [5.41, 5.74) is -0.239. The van der Waals surface area contributed by atoms with E-state index in [0.717, 1.165) is 19.6 Å². The Bertz CT molecular complexity index is 998. The highest BCUT2D eigenvalue weighted by molar-refractivity contribution is 6.08. The van der Waals surface area contributed by atoms with E-state index in [0.29, 0.717) is 30.4 Å². The first-order valence-electron chi connectivity index (χ1n) is 8.83. The number of benzene rings is 2. The van der Waals surface area contributed by atoms with Crippen LogP contribution in [0.15, 0.2) is 36.4 Å². The molecule has 0 bridgehead atoms. The van der Waals surface area contributed by atoms with Gasteiger partial charge < -0.3 is 19.7 Å². The van der Waals surface area contributed by atoms with Crippen molar-refractivity contribution in [1.29, 1.82) is 0 Å². The number of carbonyl (C=O) groups is 2. The van der Waals surface area contributed by atoms with E-state index < -0.39 is 34.4 Å². The number of rotatable bonds is 7. The Hall–Kier alpha value is -3.76. The van der Waals surface area contributed by atoms with Crippen LogP contribution in [-0.2, 0) is 4.79 Å². The summed E-state index contributed by atoms with van der Waals surface area (Å²) < 4.78 is 34.3. The van der Waals surface area contributed by atoms with Crippen LogP contribution in [0, 0.1) is 10.1 Å². The van der Waals surface area contributed by atoms with Crippen molar-refractivity contribution in [1.82, 2.24) is 0 Å². The van der Waals surface area contributed by atoms with E-state index in [-0.39, 0.29) is 11.7 Å². The highest BCUT2D eigenvalue weighted by atomic mass is 19.3. The van der Waals surface area contributed by atoms with E-state index in [1.54, 1.807) is 29.2 Å². The van der Waals surface area contributed by atoms with Crippen LogP contribution in [0.2, 0.25) is 0 Å². The number of alkyl halides is 2. The Morgan fingerprint density at radius 2 is 2.03 bits per heavy atom. The van der Waals surface area contributed by atoms with Crippen molar-refractivity contribution in [3.63, 3.8) is 0 Å². The molecule has 0 aromatic heterocycles. The summed E-state index contributed by atoms with van der Waals surface area (Å²) in [7, 11) is 1.15. The molecule has 0 aliphatic carbocycles. The zero-order valence-electron chi connectivity index (χ0n) is 15.8. The molecule has 1 N–H and O–H groups in total. The molecule has 2 aromatic rings. The fourth-order valence-electron chi connectivity index (χ4n) is 3.10. The summed E-state index contributed by atoms with van der Waals surface area (Å²) >= 11 is 0. The fourth-order valence-corrected chi connectivity index (χ4v) is 3.10.